The third-order valence-corrected chi connectivity index (χ3v) is 3.62. The van der Waals surface area contributed by atoms with Gasteiger partial charge >= 0.3 is 0 Å². The van der Waals surface area contributed by atoms with Crippen molar-refractivity contribution in [3.63, 3.8) is 0 Å². The number of nitrogens with one attached hydrogen (secondary N) is 1. The minimum atomic E-state index is -0.101. The van der Waals surface area contributed by atoms with Gasteiger partial charge in [-0.2, -0.15) is 0 Å². The van der Waals surface area contributed by atoms with Gasteiger partial charge in [0.2, 0.25) is 11.8 Å². The van der Waals surface area contributed by atoms with Crippen LogP contribution in [-0.4, -0.2) is 59.9 Å². The summed E-state index contributed by atoms with van der Waals surface area (Å²) in [6.45, 7) is 6.73. The summed E-state index contributed by atoms with van der Waals surface area (Å²) in [6.07, 6.45) is 3.00. The zero-order valence-corrected chi connectivity index (χ0v) is 11.3. The molecule has 1 unspecified atom stereocenters. The molecule has 0 bridgehead atoms. The highest BCUT2D eigenvalue weighted by atomic mass is 16.2. The number of likely N-dealkylation sites (tertiary alicyclic amines) is 2. The van der Waals surface area contributed by atoms with Crippen LogP contribution in [0.2, 0.25) is 0 Å². The lowest BCUT2D eigenvalue weighted by Crippen LogP contribution is -2.44. The molecule has 2 aliphatic rings. The van der Waals surface area contributed by atoms with Gasteiger partial charge in [-0.15, -0.1) is 0 Å². The van der Waals surface area contributed by atoms with E-state index in [1.54, 1.807) is 4.90 Å². The Morgan fingerprint density at radius 2 is 2.00 bits per heavy atom. The monoisotopic (exact) mass is 253 g/mol. The largest absolute Gasteiger partial charge is 0.341 e. The van der Waals surface area contributed by atoms with E-state index in [4.69, 9.17) is 0 Å². The topological polar surface area (TPSA) is 52.7 Å². The van der Waals surface area contributed by atoms with Gasteiger partial charge in [0.1, 0.15) is 0 Å². The van der Waals surface area contributed by atoms with Crippen LogP contribution in [0, 0.1) is 0 Å². The predicted octanol–water partition coefficient (Wildman–Crippen LogP) is 0.208. The van der Waals surface area contributed by atoms with Crippen molar-refractivity contribution in [1.82, 2.24) is 15.1 Å². The first kappa shape index (κ1) is 13.3. The molecule has 0 aromatic carbocycles. The Labute approximate surface area is 108 Å². The van der Waals surface area contributed by atoms with Gasteiger partial charge in [-0.05, 0) is 19.3 Å². The SMILES string of the molecule is CC(C)NC1CCN(CC(=O)N2CCCC2)C1=O. The minimum Gasteiger partial charge on any atom is -0.341 e. The van der Waals surface area contributed by atoms with Crippen LogP contribution < -0.4 is 5.32 Å². The highest BCUT2D eigenvalue weighted by Crippen LogP contribution is 2.14. The summed E-state index contributed by atoms with van der Waals surface area (Å²) < 4.78 is 0. The van der Waals surface area contributed by atoms with Crippen molar-refractivity contribution in [2.24, 2.45) is 0 Å². The number of hydrogen-bond donors (Lipinski definition) is 1. The van der Waals surface area contributed by atoms with E-state index in [2.05, 4.69) is 5.32 Å². The molecule has 1 atom stereocenters. The lowest BCUT2D eigenvalue weighted by atomic mass is 10.2. The molecule has 18 heavy (non-hydrogen) atoms. The van der Waals surface area contributed by atoms with Crippen LogP contribution in [0.3, 0.4) is 0 Å². The molecule has 2 heterocycles. The molecule has 5 heteroatoms. The van der Waals surface area contributed by atoms with Crippen molar-refractivity contribution in [1.29, 1.82) is 0 Å². The van der Waals surface area contributed by atoms with Crippen LogP contribution in [0.15, 0.2) is 0 Å². The molecule has 2 fully saturated rings. The van der Waals surface area contributed by atoms with Gasteiger partial charge in [0.15, 0.2) is 0 Å². The van der Waals surface area contributed by atoms with Crippen molar-refractivity contribution in [2.75, 3.05) is 26.2 Å². The molecule has 2 amide bonds. The van der Waals surface area contributed by atoms with Gasteiger partial charge in [-0.1, -0.05) is 13.8 Å². The molecule has 0 radical (unpaired) electrons. The highest BCUT2D eigenvalue weighted by Gasteiger charge is 2.33. The van der Waals surface area contributed by atoms with E-state index < -0.39 is 0 Å². The van der Waals surface area contributed by atoms with Gasteiger partial charge in [0.25, 0.3) is 0 Å². The summed E-state index contributed by atoms with van der Waals surface area (Å²) in [6, 6.07) is 0.199. The first-order chi connectivity index (χ1) is 8.58. The second-order valence-corrected chi connectivity index (χ2v) is 5.51. The normalized spacial score (nSPS) is 24.4. The maximum absolute atomic E-state index is 12.1. The fourth-order valence-corrected chi connectivity index (χ4v) is 2.68. The molecule has 5 nitrogen and oxygen atoms in total. The Kier molecular flexibility index (Phi) is 4.22. The number of carbonyl (C=O) groups is 2. The number of carbonyl (C=O) groups excluding carboxylic acids is 2. The first-order valence-corrected chi connectivity index (χ1v) is 6.90. The molecule has 0 aromatic rings. The Balaban J connectivity index is 1.83. The van der Waals surface area contributed by atoms with Crippen molar-refractivity contribution in [2.45, 2.75) is 45.2 Å². The van der Waals surface area contributed by atoms with Crippen molar-refractivity contribution in [3.8, 4) is 0 Å². The molecule has 102 valence electrons. The molecule has 2 rings (SSSR count). The number of amides is 2. The first-order valence-electron chi connectivity index (χ1n) is 6.90. The molecular weight excluding hydrogens is 230 g/mol. The zero-order valence-electron chi connectivity index (χ0n) is 11.3. The molecule has 2 aliphatic heterocycles. The Morgan fingerprint density at radius 1 is 1.33 bits per heavy atom. The highest BCUT2D eigenvalue weighted by molar-refractivity contribution is 5.89. The van der Waals surface area contributed by atoms with E-state index in [1.165, 1.54) is 0 Å². The smallest absolute Gasteiger partial charge is 0.242 e. The van der Waals surface area contributed by atoms with E-state index >= 15 is 0 Å². The molecule has 0 saturated carbocycles. The molecular formula is C13H23N3O2. The maximum Gasteiger partial charge on any atom is 0.242 e. The number of nitrogens with zero attached hydrogens (tertiary/aromatic N) is 2. The summed E-state index contributed by atoms with van der Waals surface area (Å²) in [7, 11) is 0. The van der Waals surface area contributed by atoms with Crippen molar-refractivity contribution < 1.29 is 9.59 Å². The third-order valence-electron chi connectivity index (χ3n) is 3.62. The standard InChI is InChI=1S/C13H23N3O2/c1-10(2)14-11-5-8-16(13(11)18)9-12(17)15-6-3-4-7-15/h10-11,14H,3-9H2,1-2H3. The molecule has 0 aromatic heterocycles. The summed E-state index contributed by atoms with van der Waals surface area (Å²) in [5, 5.41) is 3.25. The summed E-state index contributed by atoms with van der Waals surface area (Å²) in [4.78, 5) is 27.6. The van der Waals surface area contributed by atoms with Crippen molar-refractivity contribution in [3.05, 3.63) is 0 Å². The van der Waals surface area contributed by atoms with Gasteiger partial charge in [-0.25, -0.2) is 0 Å². The summed E-state index contributed by atoms with van der Waals surface area (Å²) in [5.41, 5.74) is 0. The fourth-order valence-electron chi connectivity index (χ4n) is 2.68. The summed E-state index contributed by atoms with van der Waals surface area (Å²) in [5.74, 6) is 0.183. The predicted molar refractivity (Wildman–Crippen MR) is 69.1 cm³/mol. The Hall–Kier alpha value is -1.10. The van der Waals surface area contributed by atoms with Crippen LogP contribution in [0.1, 0.15) is 33.1 Å². The molecule has 2 saturated heterocycles. The van der Waals surface area contributed by atoms with E-state index in [-0.39, 0.29) is 24.4 Å². The average Bonchev–Trinajstić information content (AvgIpc) is 2.93. The summed E-state index contributed by atoms with van der Waals surface area (Å²) >= 11 is 0. The minimum absolute atomic E-state index is 0.0799. The fraction of sp³-hybridized carbons (Fsp3) is 0.846. The van der Waals surface area contributed by atoms with E-state index in [1.807, 2.05) is 18.7 Å². The maximum atomic E-state index is 12.1. The van der Waals surface area contributed by atoms with Crippen molar-refractivity contribution >= 4 is 11.8 Å². The van der Waals surface area contributed by atoms with Gasteiger partial charge in [0, 0.05) is 25.7 Å². The van der Waals surface area contributed by atoms with Crippen LogP contribution in [-0.2, 0) is 9.59 Å². The van der Waals surface area contributed by atoms with Gasteiger partial charge < -0.3 is 15.1 Å². The van der Waals surface area contributed by atoms with E-state index in [0.29, 0.717) is 12.6 Å². The molecule has 0 aliphatic carbocycles. The zero-order chi connectivity index (χ0) is 13.1. The van der Waals surface area contributed by atoms with Gasteiger partial charge in [-0.3, -0.25) is 9.59 Å². The van der Waals surface area contributed by atoms with Crippen LogP contribution in [0.4, 0.5) is 0 Å². The average molecular weight is 253 g/mol. The lowest BCUT2D eigenvalue weighted by molar-refractivity contribution is -0.138. The third kappa shape index (κ3) is 3.02. The van der Waals surface area contributed by atoms with Crippen LogP contribution in [0.5, 0.6) is 0 Å². The lowest BCUT2D eigenvalue weighted by Gasteiger charge is -2.21. The number of rotatable bonds is 4. The Morgan fingerprint density at radius 3 is 2.61 bits per heavy atom. The van der Waals surface area contributed by atoms with Gasteiger partial charge in [0.05, 0.1) is 12.6 Å². The quantitative estimate of drug-likeness (QED) is 0.779. The number of hydrogen-bond acceptors (Lipinski definition) is 3. The van der Waals surface area contributed by atoms with Crippen LogP contribution in [0.25, 0.3) is 0 Å². The van der Waals surface area contributed by atoms with E-state index in [9.17, 15) is 9.59 Å². The second kappa shape index (κ2) is 5.69. The second-order valence-electron chi connectivity index (χ2n) is 5.51. The Bertz CT molecular complexity index is 324. The molecule has 1 N–H and O–H groups in total. The van der Waals surface area contributed by atoms with Crippen LogP contribution >= 0.6 is 0 Å². The molecule has 0 spiro atoms. The van der Waals surface area contributed by atoms with E-state index in [0.717, 1.165) is 32.4 Å².